The second-order valence-corrected chi connectivity index (χ2v) is 5.59. The zero-order valence-electron chi connectivity index (χ0n) is 11.5. The molecule has 0 spiro atoms. The van der Waals surface area contributed by atoms with Crippen LogP contribution in [0.3, 0.4) is 0 Å². The maximum absolute atomic E-state index is 4.38. The Morgan fingerprint density at radius 3 is 2.17 bits per heavy atom. The topological polar surface area (TPSA) is 47.7 Å². The average molecular weight is 247 g/mol. The Morgan fingerprint density at radius 2 is 1.67 bits per heavy atom. The van der Waals surface area contributed by atoms with E-state index in [-0.39, 0.29) is 5.54 Å². The number of aryl methyl sites for hydroxylation is 1. The predicted molar refractivity (Wildman–Crippen MR) is 71.0 cm³/mol. The van der Waals surface area contributed by atoms with Crippen LogP contribution in [-0.2, 0) is 25.7 Å². The van der Waals surface area contributed by atoms with Crippen LogP contribution in [0.4, 0.5) is 0 Å². The third-order valence-corrected chi connectivity index (χ3v) is 2.74. The van der Waals surface area contributed by atoms with Crippen molar-refractivity contribution >= 4 is 0 Å². The number of aromatic nitrogens is 4. The standard InChI is InChI=1S/C13H21N5/c1-13(2,3)18-10-12(8-16-18)6-14-5-11-7-15-17(4)9-11/h7-10,14H,5-6H2,1-4H3. The van der Waals surface area contributed by atoms with Crippen molar-refractivity contribution in [2.45, 2.75) is 39.4 Å². The van der Waals surface area contributed by atoms with Crippen molar-refractivity contribution in [1.29, 1.82) is 0 Å². The van der Waals surface area contributed by atoms with Gasteiger partial charge in [-0.15, -0.1) is 0 Å². The van der Waals surface area contributed by atoms with Gasteiger partial charge in [-0.3, -0.25) is 9.36 Å². The second-order valence-electron chi connectivity index (χ2n) is 5.59. The maximum Gasteiger partial charge on any atom is 0.0543 e. The molecule has 0 aliphatic rings. The van der Waals surface area contributed by atoms with Crippen LogP contribution in [0.15, 0.2) is 24.8 Å². The van der Waals surface area contributed by atoms with Crippen LogP contribution in [-0.4, -0.2) is 19.6 Å². The van der Waals surface area contributed by atoms with Crippen molar-refractivity contribution < 1.29 is 0 Å². The molecule has 0 bridgehead atoms. The van der Waals surface area contributed by atoms with Crippen LogP contribution in [0.25, 0.3) is 0 Å². The summed E-state index contributed by atoms with van der Waals surface area (Å²) in [4.78, 5) is 0. The van der Waals surface area contributed by atoms with Crippen LogP contribution in [0.1, 0.15) is 31.9 Å². The molecule has 18 heavy (non-hydrogen) atoms. The zero-order valence-corrected chi connectivity index (χ0v) is 11.5. The molecule has 0 atom stereocenters. The van der Waals surface area contributed by atoms with Gasteiger partial charge in [0.2, 0.25) is 0 Å². The molecule has 0 aliphatic heterocycles. The lowest BCUT2D eigenvalue weighted by Crippen LogP contribution is -2.22. The van der Waals surface area contributed by atoms with Gasteiger partial charge in [0.1, 0.15) is 0 Å². The number of nitrogens with one attached hydrogen (secondary N) is 1. The van der Waals surface area contributed by atoms with Crippen LogP contribution >= 0.6 is 0 Å². The third kappa shape index (κ3) is 3.20. The van der Waals surface area contributed by atoms with E-state index in [0.29, 0.717) is 0 Å². The highest BCUT2D eigenvalue weighted by Crippen LogP contribution is 2.13. The Morgan fingerprint density at radius 1 is 1.06 bits per heavy atom. The molecule has 5 heteroatoms. The molecule has 2 rings (SSSR count). The van der Waals surface area contributed by atoms with Gasteiger partial charge in [-0.05, 0) is 20.8 Å². The van der Waals surface area contributed by atoms with E-state index >= 15 is 0 Å². The number of hydrogen-bond acceptors (Lipinski definition) is 3. The minimum absolute atomic E-state index is 0.0433. The lowest BCUT2D eigenvalue weighted by Gasteiger charge is -2.18. The number of rotatable bonds is 4. The number of nitrogens with zero attached hydrogens (tertiary/aromatic N) is 4. The molecular weight excluding hydrogens is 226 g/mol. The van der Waals surface area contributed by atoms with E-state index in [1.165, 1.54) is 11.1 Å². The monoisotopic (exact) mass is 247 g/mol. The van der Waals surface area contributed by atoms with Crippen molar-refractivity contribution in [3.63, 3.8) is 0 Å². The minimum atomic E-state index is 0.0433. The average Bonchev–Trinajstić information content (AvgIpc) is 2.87. The molecule has 2 heterocycles. The molecular formula is C13H21N5. The van der Waals surface area contributed by atoms with Gasteiger partial charge in [-0.2, -0.15) is 10.2 Å². The molecule has 0 saturated heterocycles. The van der Waals surface area contributed by atoms with E-state index in [9.17, 15) is 0 Å². The lowest BCUT2D eigenvalue weighted by atomic mass is 10.1. The van der Waals surface area contributed by atoms with Crippen molar-refractivity contribution in [3.05, 3.63) is 35.9 Å². The summed E-state index contributed by atoms with van der Waals surface area (Å²) in [7, 11) is 1.93. The molecule has 0 aliphatic carbocycles. The normalized spacial score (nSPS) is 12.0. The van der Waals surface area contributed by atoms with Gasteiger partial charge in [0.05, 0.1) is 17.9 Å². The van der Waals surface area contributed by atoms with E-state index in [4.69, 9.17) is 0 Å². The largest absolute Gasteiger partial charge is 0.308 e. The van der Waals surface area contributed by atoms with E-state index < -0.39 is 0 Å². The Bertz CT molecular complexity index is 503. The maximum atomic E-state index is 4.38. The first-order chi connectivity index (χ1) is 8.45. The van der Waals surface area contributed by atoms with Gasteiger partial charge >= 0.3 is 0 Å². The van der Waals surface area contributed by atoms with E-state index in [1.807, 2.05) is 35.0 Å². The molecule has 98 valence electrons. The summed E-state index contributed by atoms with van der Waals surface area (Å²) in [6.45, 7) is 8.09. The molecule has 0 unspecified atom stereocenters. The quantitative estimate of drug-likeness (QED) is 0.894. The molecule has 0 aromatic carbocycles. The van der Waals surface area contributed by atoms with Crippen molar-refractivity contribution in [3.8, 4) is 0 Å². The van der Waals surface area contributed by atoms with Gasteiger partial charge in [0.15, 0.2) is 0 Å². The Kier molecular flexibility index (Phi) is 3.52. The molecule has 1 N–H and O–H groups in total. The Balaban J connectivity index is 1.85. The van der Waals surface area contributed by atoms with Gasteiger partial charge in [0.25, 0.3) is 0 Å². The molecule has 0 fully saturated rings. The van der Waals surface area contributed by atoms with Gasteiger partial charge in [-0.25, -0.2) is 0 Å². The summed E-state index contributed by atoms with van der Waals surface area (Å²) < 4.78 is 3.81. The smallest absolute Gasteiger partial charge is 0.0543 e. The van der Waals surface area contributed by atoms with E-state index in [2.05, 4.69) is 42.5 Å². The first-order valence-electron chi connectivity index (χ1n) is 6.17. The zero-order chi connectivity index (χ0) is 13.2. The second kappa shape index (κ2) is 4.94. The summed E-state index contributed by atoms with van der Waals surface area (Å²) >= 11 is 0. The van der Waals surface area contributed by atoms with Crippen molar-refractivity contribution in [2.24, 2.45) is 7.05 Å². The lowest BCUT2D eigenvalue weighted by molar-refractivity contribution is 0.355. The number of hydrogen-bond donors (Lipinski definition) is 1. The fourth-order valence-corrected chi connectivity index (χ4v) is 1.73. The van der Waals surface area contributed by atoms with Gasteiger partial charge < -0.3 is 5.32 Å². The predicted octanol–water partition coefficient (Wildman–Crippen LogP) is 1.66. The fourth-order valence-electron chi connectivity index (χ4n) is 1.73. The summed E-state index contributed by atoms with van der Waals surface area (Å²) in [6, 6.07) is 0. The fraction of sp³-hybridized carbons (Fsp3) is 0.538. The summed E-state index contributed by atoms with van der Waals surface area (Å²) in [5, 5.41) is 11.9. The Hall–Kier alpha value is -1.62. The van der Waals surface area contributed by atoms with Crippen LogP contribution < -0.4 is 5.32 Å². The van der Waals surface area contributed by atoms with E-state index in [0.717, 1.165) is 13.1 Å². The molecule has 5 nitrogen and oxygen atoms in total. The first-order valence-corrected chi connectivity index (χ1v) is 6.17. The third-order valence-electron chi connectivity index (χ3n) is 2.74. The highest BCUT2D eigenvalue weighted by Gasteiger charge is 2.13. The molecule has 0 radical (unpaired) electrons. The van der Waals surface area contributed by atoms with Gasteiger partial charge in [0, 0.05) is 43.7 Å². The molecule has 0 amide bonds. The molecule has 0 saturated carbocycles. The highest BCUT2D eigenvalue weighted by atomic mass is 15.3. The minimum Gasteiger partial charge on any atom is -0.308 e. The summed E-state index contributed by atoms with van der Waals surface area (Å²) in [5.41, 5.74) is 2.44. The van der Waals surface area contributed by atoms with Crippen molar-refractivity contribution in [1.82, 2.24) is 24.9 Å². The highest BCUT2D eigenvalue weighted by molar-refractivity contribution is 5.07. The summed E-state index contributed by atoms with van der Waals surface area (Å²) in [6.07, 6.45) is 7.91. The summed E-state index contributed by atoms with van der Waals surface area (Å²) in [5.74, 6) is 0. The van der Waals surface area contributed by atoms with Crippen LogP contribution in [0.2, 0.25) is 0 Å². The van der Waals surface area contributed by atoms with Crippen LogP contribution in [0, 0.1) is 0 Å². The molecule has 2 aromatic rings. The molecule has 2 aromatic heterocycles. The van der Waals surface area contributed by atoms with Crippen molar-refractivity contribution in [2.75, 3.05) is 0 Å². The van der Waals surface area contributed by atoms with Crippen LogP contribution in [0.5, 0.6) is 0 Å². The SMILES string of the molecule is Cn1cc(CNCc2cnn(C(C)(C)C)c2)cn1. The Labute approximate surface area is 108 Å². The van der Waals surface area contributed by atoms with E-state index in [1.54, 1.807) is 0 Å². The first kappa shape index (κ1) is 12.8. The van der Waals surface area contributed by atoms with Gasteiger partial charge in [-0.1, -0.05) is 0 Å².